The number of hydrogen-bond acceptors (Lipinski definition) is 5. The molecule has 19 heavy (non-hydrogen) atoms. The molecule has 3 rings (SSSR count). The average Bonchev–Trinajstić information content (AvgIpc) is 2.39. The van der Waals surface area contributed by atoms with Crippen LogP contribution in [0.5, 0.6) is 0 Å². The Kier molecular flexibility index (Phi) is 3.05. The summed E-state index contributed by atoms with van der Waals surface area (Å²) in [5, 5.41) is 2.62. The highest BCUT2D eigenvalue weighted by Crippen LogP contribution is 2.25. The van der Waals surface area contributed by atoms with Crippen molar-refractivity contribution >= 4 is 28.4 Å². The third-order valence-corrected chi connectivity index (χ3v) is 3.47. The van der Waals surface area contributed by atoms with Gasteiger partial charge in [-0.2, -0.15) is 0 Å². The minimum atomic E-state index is 0.710. The van der Waals surface area contributed by atoms with E-state index in [2.05, 4.69) is 15.0 Å². The van der Waals surface area contributed by atoms with Gasteiger partial charge in [-0.05, 0) is 49.0 Å². The summed E-state index contributed by atoms with van der Waals surface area (Å²) in [5.41, 5.74) is 8.37. The molecule has 3 aromatic rings. The van der Waals surface area contributed by atoms with E-state index in [0.29, 0.717) is 5.16 Å². The first-order valence-electron chi connectivity index (χ1n) is 5.84. The lowest BCUT2D eigenvalue weighted by Gasteiger charge is -2.03. The molecule has 0 unspecified atom stereocenters. The summed E-state index contributed by atoms with van der Waals surface area (Å²) in [6.45, 7) is 1.95. The number of nitrogens with zero attached hydrogens (tertiary/aromatic N) is 3. The molecule has 0 saturated carbocycles. The molecule has 2 N–H and O–H groups in total. The van der Waals surface area contributed by atoms with E-state index in [1.807, 2.05) is 43.3 Å². The number of fused-ring (bicyclic) bond motifs is 1. The quantitative estimate of drug-likeness (QED) is 0.571. The standard InChI is InChI=1S/C14H12N4S/c1-9-6-7-16-14(17-9)19-13-5-2-10-8-11(15)3-4-12(10)18-13/h2-8H,15H2,1H3. The van der Waals surface area contributed by atoms with Crippen LogP contribution in [-0.4, -0.2) is 15.0 Å². The van der Waals surface area contributed by atoms with Crippen molar-refractivity contribution in [3.05, 3.63) is 48.3 Å². The Labute approximate surface area is 115 Å². The van der Waals surface area contributed by atoms with Gasteiger partial charge >= 0.3 is 0 Å². The van der Waals surface area contributed by atoms with Gasteiger partial charge in [-0.1, -0.05) is 6.07 Å². The van der Waals surface area contributed by atoms with E-state index in [1.165, 1.54) is 11.8 Å². The van der Waals surface area contributed by atoms with Crippen LogP contribution >= 0.6 is 11.8 Å². The zero-order valence-corrected chi connectivity index (χ0v) is 11.2. The van der Waals surface area contributed by atoms with Crippen LogP contribution in [0.1, 0.15) is 5.69 Å². The van der Waals surface area contributed by atoms with Crippen molar-refractivity contribution in [2.24, 2.45) is 0 Å². The fraction of sp³-hybridized carbons (Fsp3) is 0.0714. The molecular weight excluding hydrogens is 256 g/mol. The van der Waals surface area contributed by atoms with Crippen molar-refractivity contribution in [1.82, 2.24) is 15.0 Å². The largest absolute Gasteiger partial charge is 0.399 e. The predicted octanol–water partition coefficient (Wildman–Crippen LogP) is 3.07. The van der Waals surface area contributed by atoms with Gasteiger partial charge in [-0.25, -0.2) is 15.0 Å². The molecule has 1 aromatic carbocycles. The Hall–Kier alpha value is -2.14. The lowest BCUT2D eigenvalue weighted by molar-refractivity contribution is 0.929. The van der Waals surface area contributed by atoms with Gasteiger partial charge in [-0.3, -0.25) is 0 Å². The molecule has 5 heteroatoms. The second-order valence-electron chi connectivity index (χ2n) is 4.18. The van der Waals surface area contributed by atoms with Crippen molar-refractivity contribution in [3.63, 3.8) is 0 Å². The van der Waals surface area contributed by atoms with Crippen molar-refractivity contribution in [3.8, 4) is 0 Å². The summed E-state index contributed by atoms with van der Waals surface area (Å²) >= 11 is 1.46. The van der Waals surface area contributed by atoms with E-state index < -0.39 is 0 Å². The molecule has 0 saturated heterocycles. The third-order valence-electron chi connectivity index (χ3n) is 2.66. The van der Waals surface area contributed by atoms with Crippen molar-refractivity contribution < 1.29 is 0 Å². The van der Waals surface area contributed by atoms with Gasteiger partial charge in [-0.15, -0.1) is 0 Å². The van der Waals surface area contributed by atoms with E-state index in [0.717, 1.165) is 27.3 Å². The Morgan fingerprint density at radius 3 is 2.79 bits per heavy atom. The summed E-state index contributed by atoms with van der Waals surface area (Å²) < 4.78 is 0. The topological polar surface area (TPSA) is 64.7 Å². The Balaban J connectivity index is 1.95. The minimum Gasteiger partial charge on any atom is -0.399 e. The molecule has 0 aliphatic rings. The maximum atomic E-state index is 5.75. The zero-order chi connectivity index (χ0) is 13.2. The highest BCUT2D eigenvalue weighted by atomic mass is 32.2. The van der Waals surface area contributed by atoms with Crippen LogP contribution in [0.2, 0.25) is 0 Å². The van der Waals surface area contributed by atoms with E-state index in [-0.39, 0.29) is 0 Å². The number of nitrogens with two attached hydrogens (primary N) is 1. The van der Waals surface area contributed by atoms with Gasteiger partial charge in [0.1, 0.15) is 5.03 Å². The van der Waals surface area contributed by atoms with Gasteiger partial charge in [0.2, 0.25) is 0 Å². The lowest BCUT2D eigenvalue weighted by atomic mass is 10.2. The van der Waals surface area contributed by atoms with Gasteiger partial charge in [0.25, 0.3) is 0 Å². The van der Waals surface area contributed by atoms with Crippen molar-refractivity contribution in [2.45, 2.75) is 17.1 Å². The van der Waals surface area contributed by atoms with E-state index >= 15 is 0 Å². The van der Waals surface area contributed by atoms with Crippen molar-refractivity contribution in [1.29, 1.82) is 0 Å². The molecule has 0 amide bonds. The highest BCUT2D eigenvalue weighted by molar-refractivity contribution is 7.99. The van der Waals surface area contributed by atoms with Crippen LogP contribution < -0.4 is 5.73 Å². The Bertz CT molecular complexity index is 742. The molecule has 0 fully saturated rings. The zero-order valence-electron chi connectivity index (χ0n) is 10.4. The van der Waals surface area contributed by atoms with E-state index in [4.69, 9.17) is 5.73 Å². The Morgan fingerprint density at radius 2 is 1.95 bits per heavy atom. The number of aromatic nitrogens is 3. The van der Waals surface area contributed by atoms with Crippen molar-refractivity contribution in [2.75, 3.05) is 5.73 Å². The summed E-state index contributed by atoms with van der Waals surface area (Å²) in [4.78, 5) is 13.1. The molecule has 4 nitrogen and oxygen atoms in total. The number of anilines is 1. The molecule has 2 aromatic heterocycles. The second kappa shape index (κ2) is 4.85. The maximum Gasteiger partial charge on any atom is 0.194 e. The lowest BCUT2D eigenvalue weighted by Crippen LogP contribution is -1.90. The summed E-state index contributed by atoms with van der Waals surface area (Å²) in [5.74, 6) is 0. The summed E-state index contributed by atoms with van der Waals surface area (Å²) in [6.07, 6.45) is 1.76. The van der Waals surface area contributed by atoms with E-state index in [1.54, 1.807) is 6.20 Å². The molecule has 2 heterocycles. The van der Waals surface area contributed by atoms with Crippen LogP contribution in [0.3, 0.4) is 0 Å². The molecule has 0 radical (unpaired) electrons. The minimum absolute atomic E-state index is 0.710. The molecule has 0 aliphatic carbocycles. The summed E-state index contributed by atoms with van der Waals surface area (Å²) in [6, 6.07) is 11.5. The molecular formula is C14H12N4S. The number of pyridine rings is 1. The molecule has 94 valence electrons. The third kappa shape index (κ3) is 2.66. The number of nitrogen functional groups attached to an aromatic ring is 1. The molecule has 0 bridgehead atoms. The normalized spacial score (nSPS) is 10.8. The maximum absolute atomic E-state index is 5.75. The number of rotatable bonds is 2. The van der Waals surface area contributed by atoms with Gasteiger partial charge in [0.05, 0.1) is 5.52 Å². The van der Waals surface area contributed by atoms with Crippen LogP contribution in [0.15, 0.2) is 52.8 Å². The SMILES string of the molecule is Cc1ccnc(Sc2ccc3cc(N)ccc3n2)n1. The predicted molar refractivity (Wildman–Crippen MR) is 77.0 cm³/mol. The first-order chi connectivity index (χ1) is 9.20. The fourth-order valence-electron chi connectivity index (χ4n) is 1.75. The molecule has 0 spiro atoms. The summed E-state index contributed by atoms with van der Waals surface area (Å²) in [7, 11) is 0. The van der Waals surface area contributed by atoms with E-state index in [9.17, 15) is 0 Å². The van der Waals surface area contributed by atoms with Crippen LogP contribution in [0.4, 0.5) is 5.69 Å². The van der Waals surface area contributed by atoms with Crippen LogP contribution in [0, 0.1) is 6.92 Å². The smallest absolute Gasteiger partial charge is 0.194 e. The van der Waals surface area contributed by atoms with Crippen LogP contribution in [-0.2, 0) is 0 Å². The Morgan fingerprint density at radius 1 is 1.05 bits per heavy atom. The molecule has 0 aliphatic heterocycles. The average molecular weight is 268 g/mol. The number of aryl methyl sites for hydroxylation is 1. The fourth-order valence-corrected chi connectivity index (χ4v) is 2.52. The number of hydrogen-bond donors (Lipinski definition) is 1. The van der Waals surface area contributed by atoms with Crippen LogP contribution in [0.25, 0.3) is 10.9 Å². The van der Waals surface area contributed by atoms with Gasteiger partial charge < -0.3 is 5.73 Å². The monoisotopic (exact) mass is 268 g/mol. The second-order valence-corrected chi connectivity index (χ2v) is 5.17. The first-order valence-corrected chi connectivity index (χ1v) is 6.66. The van der Waals surface area contributed by atoms with Gasteiger partial charge in [0, 0.05) is 23.0 Å². The first kappa shape index (κ1) is 11.9. The van der Waals surface area contributed by atoms with Gasteiger partial charge in [0.15, 0.2) is 5.16 Å². The number of benzene rings is 1. The highest BCUT2D eigenvalue weighted by Gasteiger charge is 2.04. The molecule has 0 atom stereocenters.